The first-order chi connectivity index (χ1) is 55.7. The second-order valence-corrected chi connectivity index (χ2v) is 36.9. The molecule has 4 fully saturated rings. The Bertz CT molecular complexity index is 5770. The van der Waals surface area contributed by atoms with Gasteiger partial charge in [0.15, 0.2) is 24.8 Å². The molecule has 0 unspecified atom stereocenters. The van der Waals surface area contributed by atoms with Gasteiger partial charge in [-0.05, 0) is 322 Å². The van der Waals surface area contributed by atoms with Crippen LogP contribution in [0.1, 0.15) is 280 Å². The summed E-state index contributed by atoms with van der Waals surface area (Å²) in [6.45, 7) is 25.1. The SMILES string of the molecule is Cc1cc(-c2c(C)cc(C)c3c2Cc2ccccc2-3)[n+](C)cc1C1CCCCC1.Cc1cc(-c2c(C)ccc3c2Cc2cccc(C)c2-3)[n+](C)cc1C1CCCCC1.Cc1cc(-c2c(C)ccc3c2Cc2ccccc2-3)[n+](C)cc1C1CCCCC1.Cc1ccc2c(c1)-c1ccc(C)c(-c3cc(C)c(C4CCCCC4)c[n+]3C)c1C2. The molecule has 20 rings (SSSR count). The number of pyridine rings is 4. The van der Waals surface area contributed by atoms with Gasteiger partial charge in [-0.15, -0.1) is 0 Å². The highest BCUT2D eigenvalue weighted by molar-refractivity contribution is 5.90. The van der Waals surface area contributed by atoms with Crippen molar-refractivity contribution < 1.29 is 18.3 Å². The average Bonchev–Trinajstić information content (AvgIpc) is 1.52. The monoisotopic (exact) mass is 1510 g/mol. The fraction of sp³-hybridized carbons (Fsp3) is 0.387. The quantitative estimate of drug-likeness (QED) is 0.135. The Kier molecular flexibility index (Phi) is 22.2. The molecule has 115 heavy (non-hydrogen) atoms. The summed E-state index contributed by atoms with van der Waals surface area (Å²) >= 11 is 0. The highest BCUT2D eigenvalue weighted by Gasteiger charge is 2.35. The smallest absolute Gasteiger partial charge is 0.201 e. The summed E-state index contributed by atoms with van der Waals surface area (Å²) in [5, 5.41) is 0. The molecule has 0 spiro atoms. The number of hydrogen-bond acceptors (Lipinski definition) is 0. The molecule has 8 aliphatic carbocycles. The zero-order valence-electron chi connectivity index (χ0n) is 72.3. The lowest BCUT2D eigenvalue weighted by molar-refractivity contribution is -0.661. The average molecular weight is 1520 g/mol. The molecule has 4 heterocycles. The highest BCUT2D eigenvalue weighted by atomic mass is 14.9. The van der Waals surface area contributed by atoms with Crippen molar-refractivity contribution in [2.75, 3.05) is 0 Å². The third-order valence-corrected chi connectivity index (χ3v) is 28.9. The molecular weight excluding hydrogens is 1390 g/mol. The minimum absolute atomic E-state index is 0.748. The van der Waals surface area contributed by atoms with Gasteiger partial charge in [0.2, 0.25) is 22.8 Å². The second kappa shape index (κ2) is 32.8. The number of nitrogens with zero attached hydrogens (tertiary/aromatic N) is 4. The fourth-order valence-corrected chi connectivity index (χ4v) is 23.0. The third kappa shape index (κ3) is 15.0. The van der Waals surface area contributed by atoms with Crippen molar-refractivity contribution >= 4 is 0 Å². The van der Waals surface area contributed by atoms with Crippen LogP contribution in [0.5, 0.6) is 0 Å². The molecule has 0 aliphatic heterocycles. The molecule has 0 saturated heterocycles. The Balaban J connectivity index is 0.000000111. The van der Waals surface area contributed by atoms with E-state index in [2.05, 4.69) is 299 Å². The van der Waals surface area contributed by atoms with Crippen LogP contribution in [0.3, 0.4) is 0 Å². The predicted molar refractivity (Wildman–Crippen MR) is 481 cm³/mol. The van der Waals surface area contributed by atoms with E-state index in [0.29, 0.717) is 0 Å². The Morgan fingerprint density at radius 3 is 0.974 bits per heavy atom. The Labute approximate surface area is 689 Å². The van der Waals surface area contributed by atoms with Crippen LogP contribution >= 0.6 is 0 Å². The third-order valence-electron chi connectivity index (χ3n) is 28.9. The number of rotatable bonds is 8. The zero-order chi connectivity index (χ0) is 79.6. The van der Waals surface area contributed by atoms with E-state index in [4.69, 9.17) is 0 Å². The van der Waals surface area contributed by atoms with Gasteiger partial charge in [0.25, 0.3) is 0 Å². The van der Waals surface area contributed by atoms with E-state index >= 15 is 0 Å². The van der Waals surface area contributed by atoms with E-state index in [1.807, 2.05) is 0 Å². The van der Waals surface area contributed by atoms with Gasteiger partial charge in [-0.25, -0.2) is 18.3 Å². The maximum atomic E-state index is 2.46. The molecular formula is C111H126N4+4. The van der Waals surface area contributed by atoms with Crippen molar-refractivity contribution in [1.29, 1.82) is 0 Å². The molecule has 8 aliphatic rings. The first-order valence-electron chi connectivity index (χ1n) is 44.6. The van der Waals surface area contributed by atoms with Crippen LogP contribution in [0.15, 0.2) is 176 Å². The van der Waals surface area contributed by atoms with Crippen LogP contribution in [0, 0.1) is 76.2 Å². The second-order valence-electron chi connectivity index (χ2n) is 36.9. The lowest BCUT2D eigenvalue weighted by atomic mass is 9.82. The van der Waals surface area contributed by atoms with Crippen LogP contribution in [0.25, 0.3) is 89.5 Å². The van der Waals surface area contributed by atoms with Crippen molar-refractivity contribution in [2.24, 2.45) is 28.2 Å². The number of benzene rings is 8. The molecule has 0 radical (unpaired) electrons. The largest absolute Gasteiger partial charge is 0.213 e. The first kappa shape index (κ1) is 77.9. The van der Waals surface area contributed by atoms with Gasteiger partial charge in [-0.2, -0.15) is 0 Å². The maximum absolute atomic E-state index is 2.46. The fourth-order valence-electron chi connectivity index (χ4n) is 23.0. The highest BCUT2D eigenvalue weighted by Crippen LogP contribution is 2.50. The van der Waals surface area contributed by atoms with Gasteiger partial charge < -0.3 is 0 Å². The van der Waals surface area contributed by atoms with Gasteiger partial charge in [0.1, 0.15) is 28.2 Å². The number of aromatic nitrogens is 4. The normalized spacial score (nSPS) is 16.0. The van der Waals surface area contributed by atoms with E-state index in [1.165, 1.54) is 324 Å². The van der Waals surface area contributed by atoms with E-state index in [9.17, 15) is 0 Å². The minimum atomic E-state index is 0.748. The summed E-state index contributed by atoms with van der Waals surface area (Å²) in [4.78, 5) is 0. The van der Waals surface area contributed by atoms with Gasteiger partial charge >= 0.3 is 0 Å². The summed E-state index contributed by atoms with van der Waals surface area (Å²) in [6, 6.07) is 57.7. The number of aryl methyl sites for hydroxylation is 15. The first-order valence-corrected chi connectivity index (χ1v) is 44.6. The maximum Gasteiger partial charge on any atom is 0.213 e. The van der Waals surface area contributed by atoms with E-state index in [-0.39, 0.29) is 0 Å². The van der Waals surface area contributed by atoms with Gasteiger partial charge in [0, 0.05) is 46.5 Å². The Morgan fingerprint density at radius 2 is 0.539 bits per heavy atom. The molecule has 8 aromatic carbocycles. The van der Waals surface area contributed by atoms with E-state index < -0.39 is 0 Å². The molecule has 0 amide bonds. The Morgan fingerprint density at radius 1 is 0.217 bits per heavy atom. The molecule has 0 atom stereocenters. The van der Waals surface area contributed by atoms with Gasteiger partial charge in [-0.1, -0.05) is 210 Å². The molecule has 4 heteroatoms. The summed E-state index contributed by atoms with van der Waals surface area (Å²) in [6.07, 6.45) is 41.5. The molecule has 0 bridgehead atoms. The standard InChI is InChI=1S/3C28H32N.C27H30N/c1-18-9-8-12-22-16-24-23(27(18)22)14-13-19(2)28(24)26-15-20(3)25(17-29(26)4)21-10-6-5-7-11-21;1-18-15-26(29(4)17-25(18)21-10-6-5-7-11-21)28-20(3)14-19(2)27-23-13-9-8-12-22(23)16-24(27)28;1-18-10-12-22-16-25-23(24(22)14-18)13-11-19(2)28(25)27-15-20(3)26(17-29(27)4)21-8-6-5-7-9-21;1-18-13-14-23-22-12-8-7-11-21(22)16-24(23)27(18)26-15-19(2)25(17-28(26)3)20-9-5-4-6-10-20/h2*8-9,12-15,17,21H,5-7,10-11,16H2,1-4H3;10-15,17,21H,5-9,16H2,1-4H3;7-8,11-15,17,20H,4-6,9-10,16H2,1-3H3/q4*+1. The Hall–Kier alpha value is -9.64. The van der Waals surface area contributed by atoms with Crippen molar-refractivity contribution in [3.63, 3.8) is 0 Å². The van der Waals surface area contributed by atoms with Gasteiger partial charge in [-0.3, -0.25) is 0 Å². The molecule has 12 aromatic rings. The zero-order valence-corrected chi connectivity index (χ0v) is 72.3. The van der Waals surface area contributed by atoms with Crippen LogP contribution in [0.4, 0.5) is 0 Å². The topological polar surface area (TPSA) is 15.5 Å². The number of fused-ring (bicyclic) bond motifs is 12. The lowest BCUT2D eigenvalue weighted by Gasteiger charge is -2.23. The van der Waals surface area contributed by atoms with Crippen molar-refractivity contribution in [1.82, 2.24) is 0 Å². The number of hydrogen-bond donors (Lipinski definition) is 0. The van der Waals surface area contributed by atoms with Crippen LogP contribution in [0.2, 0.25) is 0 Å². The van der Waals surface area contributed by atoms with Crippen molar-refractivity contribution in [3.8, 4) is 89.5 Å². The summed E-state index contributed by atoms with van der Waals surface area (Å²) in [7, 11) is 8.97. The van der Waals surface area contributed by atoms with Crippen LogP contribution in [-0.2, 0) is 53.9 Å². The summed E-state index contributed by atoms with van der Waals surface area (Å²) < 4.78 is 9.59. The molecule has 586 valence electrons. The molecule has 0 N–H and O–H groups in total. The van der Waals surface area contributed by atoms with Crippen molar-refractivity contribution in [2.45, 2.75) is 254 Å². The van der Waals surface area contributed by atoms with Gasteiger partial charge in [0.05, 0.1) is 22.3 Å². The molecule has 4 nitrogen and oxygen atoms in total. The summed E-state index contributed by atoms with van der Waals surface area (Å²) in [5.74, 6) is 3.00. The minimum Gasteiger partial charge on any atom is -0.201 e. The van der Waals surface area contributed by atoms with E-state index in [1.54, 1.807) is 22.3 Å². The van der Waals surface area contributed by atoms with Crippen LogP contribution < -0.4 is 18.3 Å². The lowest BCUT2D eigenvalue weighted by Crippen LogP contribution is -2.33. The van der Waals surface area contributed by atoms with E-state index in [0.717, 1.165) is 49.4 Å². The van der Waals surface area contributed by atoms with Crippen molar-refractivity contribution in [3.05, 3.63) is 304 Å². The predicted octanol–water partition coefficient (Wildman–Crippen LogP) is 26.6. The molecule has 4 saturated carbocycles. The summed E-state index contributed by atoms with van der Waals surface area (Å²) in [5.41, 5.74) is 56.5. The van der Waals surface area contributed by atoms with Crippen LogP contribution in [-0.4, -0.2) is 0 Å². The molecule has 4 aromatic heterocycles.